The van der Waals surface area contributed by atoms with Gasteiger partial charge in [0.05, 0.1) is 38.6 Å². The smallest absolute Gasteiger partial charge is 0.220 e. The van der Waals surface area contributed by atoms with Gasteiger partial charge in [-0.05, 0) is 70.6 Å². The molecule has 0 saturated carbocycles. The Morgan fingerprint density at radius 2 is 0.615 bits per heavy atom. The summed E-state index contributed by atoms with van der Waals surface area (Å²) >= 11 is 0. The van der Waals surface area contributed by atoms with Gasteiger partial charge in [0.15, 0.2) is 18.9 Å². The average Bonchev–Trinajstić information content (AvgIpc) is 0.759. The first-order chi connectivity index (χ1) is 53.3. The van der Waals surface area contributed by atoms with E-state index in [0.29, 0.717) is 12.8 Å². The third kappa shape index (κ3) is 48.6. The van der Waals surface area contributed by atoms with Crippen molar-refractivity contribution in [2.75, 3.05) is 26.4 Å². The molecule has 19 nitrogen and oxygen atoms in total. The first-order valence-corrected chi connectivity index (χ1v) is 45.0. The van der Waals surface area contributed by atoms with E-state index in [0.717, 1.165) is 51.4 Å². The van der Waals surface area contributed by atoms with Crippen LogP contribution in [0.3, 0.4) is 0 Å². The molecule has 3 heterocycles. The lowest BCUT2D eigenvalue weighted by Crippen LogP contribution is -2.66. The number of rotatable bonds is 73. The topological polar surface area (TPSA) is 307 Å². The minimum absolute atomic E-state index is 0.238. The largest absolute Gasteiger partial charge is 0.394 e. The highest BCUT2D eigenvalue weighted by molar-refractivity contribution is 5.76. The van der Waals surface area contributed by atoms with Gasteiger partial charge in [0.1, 0.15) is 73.2 Å². The second-order valence-electron chi connectivity index (χ2n) is 32.1. The van der Waals surface area contributed by atoms with Crippen molar-refractivity contribution in [3.05, 3.63) is 60.8 Å². The Labute approximate surface area is 662 Å². The molecule has 638 valence electrons. The zero-order valence-electron chi connectivity index (χ0n) is 68.8. The van der Waals surface area contributed by atoms with Gasteiger partial charge < -0.3 is 89.9 Å². The molecule has 3 rings (SSSR count). The molecule has 1 amide bonds. The van der Waals surface area contributed by atoms with E-state index in [1.54, 1.807) is 6.08 Å². The highest BCUT2D eigenvalue weighted by atomic mass is 16.8. The highest BCUT2D eigenvalue weighted by Crippen LogP contribution is 2.34. The van der Waals surface area contributed by atoms with Crippen LogP contribution in [0.5, 0.6) is 0 Å². The lowest BCUT2D eigenvalue weighted by molar-refractivity contribution is -0.379. The lowest BCUT2D eigenvalue weighted by Gasteiger charge is -2.48. The van der Waals surface area contributed by atoms with E-state index in [-0.39, 0.29) is 18.9 Å². The Morgan fingerprint density at radius 3 is 0.982 bits per heavy atom. The predicted octanol–water partition coefficient (Wildman–Crippen LogP) is 17.0. The number of carbonyl (C=O) groups is 1. The van der Waals surface area contributed by atoms with Crippen LogP contribution in [0.1, 0.15) is 373 Å². The monoisotopic (exact) mass is 1550 g/mol. The van der Waals surface area contributed by atoms with Gasteiger partial charge in [-0.15, -0.1) is 0 Å². The van der Waals surface area contributed by atoms with Gasteiger partial charge >= 0.3 is 0 Å². The van der Waals surface area contributed by atoms with Gasteiger partial charge in [-0.1, -0.05) is 357 Å². The van der Waals surface area contributed by atoms with Gasteiger partial charge in [0.25, 0.3) is 0 Å². The van der Waals surface area contributed by atoms with E-state index in [4.69, 9.17) is 28.4 Å². The van der Waals surface area contributed by atoms with Crippen molar-refractivity contribution in [3.8, 4) is 0 Å². The van der Waals surface area contributed by atoms with Crippen LogP contribution in [0.25, 0.3) is 0 Å². The number of hydrogen-bond donors (Lipinski definition) is 12. The van der Waals surface area contributed by atoms with Crippen LogP contribution in [0.15, 0.2) is 60.8 Å². The van der Waals surface area contributed by atoms with Crippen molar-refractivity contribution in [1.82, 2.24) is 5.32 Å². The van der Waals surface area contributed by atoms with E-state index in [1.807, 2.05) is 6.08 Å². The maximum atomic E-state index is 13.5. The Hall–Kier alpha value is -2.51. The van der Waals surface area contributed by atoms with Crippen LogP contribution < -0.4 is 5.32 Å². The Kier molecular flexibility index (Phi) is 64.4. The van der Waals surface area contributed by atoms with Crippen molar-refractivity contribution in [2.45, 2.75) is 478 Å². The number of hydrogen-bond acceptors (Lipinski definition) is 18. The number of aliphatic hydroxyl groups is 11. The summed E-state index contributed by atoms with van der Waals surface area (Å²) in [5.41, 5.74) is 0. The summed E-state index contributed by atoms with van der Waals surface area (Å²) in [4.78, 5) is 13.5. The molecule has 0 aromatic heterocycles. The molecule has 17 atom stereocenters. The second-order valence-corrected chi connectivity index (χ2v) is 32.1. The molecule has 3 saturated heterocycles. The molecule has 17 unspecified atom stereocenters. The molecule has 0 aromatic rings. The zero-order valence-corrected chi connectivity index (χ0v) is 68.8. The minimum atomic E-state index is -1.98. The fraction of sp³-hybridized carbons (Fsp3) is 0.878. The van der Waals surface area contributed by atoms with Crippen LogP contribution in [-0.4, -0.2) is 193 Å². The normalized spacial score (nSPS) is 25.5. The summed E-state index contributed by atoms with van der Waals surface area (Å²) in [6, 6.07) is -0.992. The Morgan fingerprint density at radius 1 is 0.330 bits per heavy atom. The molecule has 12 N–H and O–H groups in total. The lowest BCUT2D eigenvalue weighted by atomic mass is 9.96. The van der Waals surface area contributed by atoms with Crippen molar-refractivity contribution in [2.24, 2.45) is 0 Å². The fourth-order valence-corrected chi connectivity index (χ4v) is 15.1. The van der Waals surface area contributed by atoms with Gasteiger partial charge in [-0.3, -0.25) is 4.79 Å². The maximum Gasteiger partial charge on any atom is 0.220 e. The summed E-state index contributed by atoms with van der Waals surface area (Å²) in [7, 11) is 0. The van der Waals surface area contributed by atoms with Gasteiger partial charge in [-0.25, -0.2) is 0 Å². The number of carbonyl (C=O) groups excluding carboxylic acids is 1. The molecule has 3 fully saturated rings. The van der Waals surface area contributed by atoms with Crippen molar-refractivity contribution < 1.29 is 89.4 Å². The summed E-state index contributed by atoms with van der Waals surface area (Å²) < 4.78 is 34.5. The Balaban J connectivity index is 1.31. The molecule has 3 aliphatic heterocycles. The van der Waals surface area contributed by atoms with E-state index < -0.39 is 124 Å². The third-order valence-electron chi connectivity index (χ3n) is 22.3. The first kappa shape index (κ1) is 101. The van der Waals surface area contributed by atoms with Crippen LogP contribution in [0.2, 0.25) is 0 Å². The van der Waals surface area contributed by atoms with Crippen molar-refractivity contribution in [3.63, 3.8) is 0 Å². The molecule has 0 radical (unpaired) electrons. The third-order valence-corrected chi connectivity index (χ3v) is 22.3. The Bertz CT molecular complexity index is 2200. The summed E-state index contributed by atoms with van der Waals surface area (Å²) in [6.45, 7) is 1.76. The van der Waals surface area contributed by atoms with Crippen molar-refractivity contribution in [1.29, 1.82) is 0 Å². The first-order valence-electron chi connectivity index (χ1n) is 45.0. The zero-order chi connectivity index (χ0) is 78.8. The number of unbranched alkanes of at least 4 members (excludes halogenated alkanes) is 49. The SMILES string of the molecule is CCCCCCC/C=C\C/C=C\C/C=C\CCCCCCCCCCCCCCCCCCCCCCCCCCC(=O)NC(COC1OC(CO)C(OC2OC(CO)C(OC3OC(CO)C(O)C(O)C3O)C(O)C2O)C(O)C1O)C(O)/C=C/CC/C=C/CCCCCCCCCCCCCCCCCCCCC. The molecular weight excluding hydrogens is 1380 g/mol. The fourth-order valence-electron chi connectivity index (χ4n) is 15.1. The molecular formula is C90H165NO18. The van der Waals surface area contributed by atoms with Gasteiger partial charge in [0, 0.05) is 6.42 Å². The molecule has 0 spiro atoms. The van der Waals surface area contributed by atoms with E-state index in [1.165, 1.54) is 289 Å². The summed E-state index contributed by atoms with van der Waals surface area (Å²) in [6.07, 6.45) is 65.2. The highest BCUT2D eigenvalue weighted by Gasteiger charge is 2.54. The minimum Gasteiger partial charge on any atom is -0.394 e. The molecule has 0 bridgehead atoms. The number of ether oxygens (including phenoxy) is 6. The van der Waals surface area contributed by atoms with Crippen LogP contribution in [0.4, 0.5) is 0 Å². The molecule has 0 aliphatic carbocycles. The van der Waals surface area contributed by atoms with Crippen molar-refractivity contribution >= 4 is 5.91 Å². The van der Waals surface area contributed by atoms with E-state index >= 15 is 0 Å². The molecule has 3 aliphatic rings. The molecule has 19 heteroatoms. The number of amides is 1. The molecule has 0 aromatic carbocycles. The average molecular weight is 1550 g/mol. The van der Waals surface area contributed by atoms with Crippen LogP contribution in [0, 0.1) is 0 Å². The summed E-state index contributed by atoms with van der Waals surface area (Å²) in [5.74, 6) is -0.279. The summed E-state index contributed by atoms with van der Waals surface area (Å²) in [5, 5.41) is 121. The quantitative estimate of drug-likeness (QED) is 0.0199. The van der Waals surface area contributed by atoms with E-state index in [9.17, 15) is 61.0 Å². The maximum absolute atomic E-state index is 13.5. The number of aliphatic hydroxyl groups excluding tert-OH is 11. The van der Waals surface area contributed by atoms with Gasteiger partial charge in [-0.2, -0.15) is 0 Å². The van der Waals surface area contributed by atoms with Gasteiger partial charge in [0.2, 0.25) is 5.91 Å². The molecule has 109 heavy (non-hydrogen) atoms. The van der Waals surface area contributed by atoms with Crippen LogP contribution in [-0.2, 0) is 33.2 Å². The number of allylic oxidation sites excluding steroid dienone is 9. The predicted molar refractivity (Wildman–Crippen MR) is 439 cm³/mol. The van der Waals surface area contributed by atoms with E-state index in [2.05, 4.69) is 67.8 Å². The standard InChI is InChI=1S/C90H165NO18/c1-3-5-7-9-11-13-15-17-19-21-23-25-27-29-30-31-32-33-34-35-36-37-38-39-40-41-42-44-46-48-50-52-54-56-58-60-62-64-66-68-78(96)91-73(74(95)67-65-63-61-59-57-55-53-51-49-47-45-43-28-26-24-22-20-18-16-14-12-10-8-6-4-2)72-104-88-84(102)81(99)86(76(70-93)106-88)109-90-85(103)82(100)87(77(71-94)107-90)108-89-83(101)80(98)79(97)75(69-92)105-89/h15,17,21,23,27,29,57,59,65,67,73-77,79-90,92-95,97-103H,3-14,16,18-20,22,24-26,28,30-56,58,60-64,66,68-72H2,1-2H3,(H,91,96)/b17-15-,23-21-,29-27-,59-57+,67-65+. The number of nitrogens with one attached hydrogen (secondary N) is 1. The second kappa shape index (κ2) is 69.8. The van der Waals surface area contributed by atoms with Crippen LogP contribution >= 0.6 is 0 Å².